The topological polar surface area (TPSA) is 65.7 Å². The Kier molecular flexibility index (Phi) is 5.53. The molecule has 108 valence electrons. The maximum Gasteiger partial charge on any atom is 0.335 e. The van der Waals surface area contributed by atoms with E-state index < -0.39 is 7.60 Å². The Bertz CT molecular complexity index is 493. The Morgan fingerprint density at radius 2 is 1.68 bits per heavy atom. The van der Waals surface area contributed by atoms with E-state index in [4.69, 9.17) is 13.5 Å². The lowest BCUT2D eigenvalue weighted by Gasteiger charge is -2.17. The van der Waals surface area contributed by atoms with Gasteiger partial charge in [-0.05, 0) is 34.6 Å². The van der Waals surface area contributed by atoms with Crippen molar-refractivity contribution in [3.63, 3.8) is 0 Å². The highest BCUT2D eigenvalue weighted by atomic mass is 31.2. The van der Waals surface area contributed by atoms with Crippen LogP contribution >= 0.6 is 7.60 Å². The smallest absolute Gasteiger partial charge is 0.335 e. The summed E-state index contributed by atoms with van der Waals surface area (Å²) in [5.74, 6) is 1.02. The van der Waals surface area contributed by atoms with Crippen molar-refractivity contribution >= 4 is 13.4 Å². The minimum Gasteiger partial charge on any atom is -0.466 e. The van der Waals surface area contributed by atoms with Crippen LogP contribution in [0.5, 0.6) is 0 Å². The van der Waals surface area contributed by atoms with Gasteiger partial charge in [0, 0.05) is 5.56 Å². The zero-order valence-corrected chi connectivity index (χ0v) is 13.0. The van der Waals surface area contributed by atoms with Crippen molar-refractivity contribution in [1.29, 1.82) is 0 Å². The average Bonchev–Trinajstić information content (AvgIpc) is 2.53. The average molecular weight is 288 g/mol. The van der Waals surface area contributed by atoms with E-state index in [1.165, 1.54) is 6.92 Å². The third kappa shape index (κ3) is 3.78. The molecule has 0 radical (unpaired) electrons. The standard InChI is InChI=1S/C13H21O5P/c1-6-16-19(15,17-7-2)8-12-10(4)18-11(5)13(12)9(3)14/h6-8H2,1-5H3. The second-order valence-electron chi connectivity index (χ2n) is 4.23. The van der Waals surface area contributed by atoms with Crippen molar-refractivity contribution in [3.8, 4) is 0 Å². The van der Waals surface area contributed by atoms with Crippen LogP contribution in [0.2, 0.25) is 0 Å². The SMILES string of the molecule is CCOP(=O)(Cc1c(C)oc(C)c1C(C)=O)OCC. The Morgan fingerprint density at radius 3 is 2.11 bits per heavy atom. The minimum atomic E-state index is -3.23. The fourth-order valence-electron chi connectivity index (χ4n) is 2.10. The summed E-state index contributed by atoms with van der Waals surface area (Å²) in [5, 5.41) is 0. The van der Waals surface area contributed by atoms with Crippen molar-refractivity contribution in [3.05, 3.63) is 22.6 Å². The van der Waals surface area contributed by atoms with Crippen LogP contribution in [0.4, 0.5) is 0 Å². The summed E-state index contributed by atoms with van der Waals surface area (Å²) < 4.78 is 28.5. The molecular formula is C13H21O5P. The first-order valence-corrected chi connectivity index (χ1v) is 8.05. The molecule has 0 bridgehead atoms. The summed E-state index contributed by atoms with van der Waals surface area (Å²) in [6, 6.07) is 0. The van der Waals surface area contributed by atoms with Gasteiger partial charge in [-0.2, -0.15) is 0 Å². The molecule has 0 saturated carbocycles. The van der Waals surface area contributed by atoms with Gasteiger partial charge in [-0.1, -0.05) is 0 Å². The third-order valence-corrected chi connectivity index (χ3v) is 4.75. The molecule has 0 saturated heterocycles. The predicted molar refractivity (Wildman–Crippen MR) is 72.7 cm³/mol. The number of furan rings is 1. The van der Waals surface area contributed by atoms with Crippen LogP contribution in [-0.2, 0) is 19.8 Å². The molecule has 1 rings (SSSR count). The van der Waals surface area contributed by atoms with E-state index in [0.29, 0.717) is 35.9 Å². The summed E-state index contributed by atoms with van der Waals surface area (Å²) in [4.78, 5) is 11.7. The molecule has 0 aliphatic rings. The van der Waals surface area contributed by atoms with Crippen molar-refractivity contribution in [2.24, 2.45) is 0 Å². The molecule has 1 aromatic rings. The zero-order chi connectivity index (χ0) is 14.6. The fourth-order valence-corrected chi connectivity index (χ4v) is 3.91. The van der Waals surface area contributed by atoms with Gasteiger partial charge in [0.1, 0.15) is 11.5 Å². The van der Waals surface area contributed by atoms with Gasteiger partial charge < -0.3 is 13.5 Å². The second kappa shape index (κ2) is 6.51. The van der Waals surface area contributed by atoms with Gasteiger partial charge in [-0.15, -0.1) is 0 Å². The normalized spacial score (nSPS) is 11.8. The Morgan fingerprint density at radius 1 is 1.16 bits per heavy atom. The Balaban J connectivity index is 3.16. The lowest BCUT2D eigenvalue weighted by Crippen LogP contribution is -2.04. The molecule has 0 unspecified atom stereocenters. The maximum absolute atomic E-state index is 12.5. The predicted octanol–water partition coefficient (Wildman–Crippen LogP) is 3.87. The third-order valence-electron chi connectivity index (χ3n) is 2.74. The van der Waals surface area contributed by atoms with E-state index in [0.717, 1.165) is 0 Å². The van der Waals surface area contributed by atoms with E-state index in [1.54, 1.807) is 27.7 Å². The maximum atomic E-state index is 12.5. The molecule has 0 N–H and O–H groups in total. The molecule has 1 heterocycles. The molecular weight excluding hydrogens is 267 g/mol. The first-order chi connectivity index (χ1) is 8.84. The Hall–Kier alpha value is -0.900. The first kappa shape index (κ1) is 16.2. The lowest BCUT2D eigenvalue weighted by molar-refractivity contribution is 0.101. The number of ketones is 1. The van der Waals surface area contributed by atoms with Gasteiger partial charge in [-0.3, -0.25) is 9.36 Å². The van der Waals surface area contributed by atoms with E-state index in [2.05, 4.69) is 0 Å². The van der Waals surface area contributed by atoms with Crippen LogP contribution in [-0.4, -0.2) is 19.0 Å². The lowest BCUT2D eigenvalue weighted by atomic mass is 10.1. The minimum absolute atomic E-state index is 0.0623. The molecule has 0 spiro atoms. The van der Waals surface area contributed by atoms with Gasteiger partial charge in [0.2, 0.25) is 0 Å². The molecule has 19 heavy (non-hydrogen) atoms. The Labute approximate surface area is 113 Å². The van der Waals surface area contributed by atoms with Crippen LogP contribution in [0.3, 0.4) is 0 Å². The molecule has 0 aromatic carbocycles. The largest absolute Gasteiger partial charge is 0.466 e. The quantitative estimate of drug-likeness (QED) is 0.563. The molecule has 1 aromatic heterocycles. The molecule has 0 aliphatic heterocycles. The first-order valence-electron chi connectivity index (χ1n) is 6.32. The summed E-state index contributed by atoms with van der Waals surface area (Å²) in [6.45, 7) is 9.03. The van der Waals surface area contributed by atoms with Crippen LogP contribution in [0.15, 0.2) is 4.42 Å². The van der Waals surface area contributed by atoms with Crippen molar-refractivity contribution in [2.45, 2.75) is 40.8 Å². The van der Waals surface area contributed by atoms with Crippen molar-refractivity contribution in [1.82, 2.24) is 0 Å². The highest BCUT2D eigenvalue weighted by molar-refractivity contribution is 7.53. The van der Waals surface area contributed by atoms with E-state index in [1.807, 2.05) is 0 Å². The number of carbonyl (C=O) groups excluding carboxylic acids is 1. The van der Waals surface area contributed by atoms with Crippen molar-refractivity contribution < 1.29 is 22.8 Å². The van der Waals surface area contributed by atoms with E-state index in [9.17, 15) is 9.36 Å². The molecule has 6 heteroatoms. The van der Waals surface area contributed by atoms with Gasteiger partial charge in [0.25, 0.3) is 0 Å². The fraction of sp³-hybridized carbons (Fsp3) is 0.615. The number of rotatable bonds is 7. The molecule has 0 atom stereocenters. The summed E-state index contributed by atoms with van der Waals surface area (Å²) in [7, 11) is -3.23. The van der Waals surface area contributed by atoms with Crippen LogP contribution in [0.1, 0.15) is 48.2 Å². The van der Waals surface area contributed by atoms with Crippen molar-refractivity contribution in [2.75, 3.05) is 13.2 Å². The van der Waals surface area contributed by atoms with Gasteiger partial charge >= 0.3 is 7.60 Å². The van der Waals surface area contributed by atoms with Crippen LogP contribution < -0.4 is 0 Å². The number of hydrogen-bond donors (Lipinski definition) is 0. The number of Topliss-reactive ketones (excluding diaryl/α,β-unsaturated/α-hetero) is 1. The number of carbonyl (C=O) groups is 1. The second-order valence-corrected chi connectivity index (χ2v) is 6.28. The highest BCUT2D eigenvalue weighted by Gasteiger charge is 2.30. The number of hydrogen-bond acceptors (Lipinski definition) is 5. The summed E-state index contributed by atoms with van der Waals surface area (Å²) >= 11 is 0. The van der Waals surface area contributed by atoms with E-state index >= 15 is 0 Å². The number of aryl methyl sites for hydroxylation is 2. The molecule has 5 nitrogen and oxygen atoms in total. The van der Waals surface area contributed by atoms with Gasteiger partial charge in [-0.25, -0.2) is 0 Å². The summed E-state index contributed by atoms with van der Waals surface area (Å²) in [5.41, 5.74) is 1.10. The monoisotopic (exact) mass is 288 g/mol. The molecule has 0 amide bonds. The zero-order valence-electron chi connectivity index (χ0n) is 12.1. The molecule has 0 aliphatic carbocycles. The molecule has 0 fully saturated rings. The van der Waals surface area contributed by atoms with Gasteiger partial charge in [0.05, 0.1) is 24.9 Å². The van der Waals surface area contributed by atoms with Crippen LogP contribution in [0, 0.1) is 13.8 Å². The van der Waals surface area contributed by atoms with Gasteiger partial charge in [0.15, 0.2) is 5.78 Å². The van der Waals surface area contributed by atoms with Crippen LogP contribution in [0.25, 0.3) is 0 Å². The van der Waals surface area contributed by atoms with E-state index in [-0.39, 0.29) is 11.9 Å². The highest BCUT2D eigenvalue weighted by Crippen LogP contribution is 2.52. The summed E-state index contributed by atoms with van der Waals surface area (Å²) in [6.07, 6.45) is 0.0623.